The lowest BCUT2D eigenvalue weighted by Crippen LogP contribution is -2.15. The van der Waals surface area contributed by atoms with E-state index in [2.05, 4.69) is 9.72 Å². The van der Waals surface area contributed by atoms with E-state index >= 15 is 0 Å². The molecule has 0 atom stereocenters. The molecule has 0 aliphatic rings. The maximum Gasteiger partial charge on any atom is 0.354 e. The zero-order valence-corrected chi connectivity index (χ0v) is 8.98. The molecular formula is C9H8ClF2NO3. The SMILES string of the molecule is CCOC(=O)c1cc(=O)c(Cl)c(C(F)F)[nH]1. The molecule has 0 fully saturated rings. The van der Waals surface area contributed by atoms with E-state index in [1.165, 1.54) is 0 Å². The van der Waals surface area contributed by atoms with Crippen molar-refractivity contribution in [1.29, 1.82) is 0 Å². The van der Waals surface area contributed by atoms with Gasteiger partial charge in [-0.1, -0.05) is 11.6 Å². The van der Waals surface area contributed by atoms with Gasteiger partial charge in [0.2, 0.25) is 5.43 Å². The molecule has 0 aliphatic carbocycles. The number of ether oxygens (including phenoxy) is 1. The van der Waals surface area contributed by atoms with Crippen molar-refractivity contribution in [3.8, 4) is 0 Å². The Morgan fingerprint density at radius 2 is 2.25 bits per heavy atom. The van der Waals surface area contributed by atoms with Crippen molar-refractivity contribution in [1.82, 2.24) is 4.98 Å². The Balaban J connectivity index is 3.24. The van der Waals surface area contributed by atoms with Crippen molar-refractivity contribution >= 4 is 17.6 Å². The largest absolute Gasteiger partial charge is 0.461 e. The molecule has 0 amide bonds. The van der Waals surface area contributed by atoms with E-state index in [0.717, 1.165) is 6.07 Å². The highest BCUT2D eigenvalue weighted by atomic mass is 35.5. The Labute approximate surface area is 94.2 Å². The summed E-state index contributed by atoms with van der Waals surface area (Å²) in [6, 6.07) is 0.826. The van der Waals surface area contributed by atoms with Gasteiger partial charge in [0.05, 0.1) is 6.61 Å². The van der Waals surface area contributed by atoms with Gasteiger partial charge in [-0.15, -0.1) is 0 Å². The first-order chi connectivity index (χ1) is 7.47. The number of alkyl halides is 2. The summed E-state index contributed by atoms with van der Waals surface area (Å²) in [4.78, 5) is 24.5. The number of H-pyrrole nitrogens is 1. The molecule has 88 valence electrons. The molecule has 0 saturated carbocycles. The lowest BCUT2D eigenvalue weighted by molar-refractivity contribution is 0.0517. The van der Waals surface area contributed by atoms with E-state index < -0.39 is 28.5 Å². The quantitative estimate of drug-likeness (QED) is 0.838. The van der Waals surface area contributed by atoms with Gasteiger partial charge >= 0.3 is 5.97 Å². The third-order valence-electron chi connectivity index (χ3n) is 1.71. The second-order valence-corrected chi connectivity index (χ2v) is 3.17. The number of aromatic amines is 1. The fourth-order valence-electron chi connectivity index (χ4n) is 1.03. The van der Waals surface area contributed by atoms with Gasteiger partial charge in [-0.3, -0.25) is 4.79 Å². The number of esters is 1. The summed E-state index contributed by atoms with van der Waals surface area (Å²) in [6.45, 7) is 1.63. The van der Waals surface area contributed by atoms with Crippen molar-refractivity contribution < 1.29 is 18.3 Å². The van der Waals surface area contributed by atoms with Crippen molar-refractivity contribution in [2.45, 2.75) is 13.3 Å². The van der Waals surface area contributed by atoms with Crippen LogP contribution in [0.4, 0.5) is 8.78 Å². The summed E-state index contributed by atoms with van der Waals surface area (Å²) < 4.78 is 29.4. The first-order valence-electron chi connectivity index (χ1n) is 4.35. The minimum Gasteiger partial charge on any atom is -0.461 e. The standard InChI is InChI=1S/C9H8ClF2NO3/c1-2-16-9(15)4-3-5(14)6(10)7(13-4)8(11)12/h3,8H,2H2,1H3,(H,13,14). The molecule has 4 nitrogen and oxygen atoms in total. The van der Waals surface area contributed by atoms with E-state index in [1.54, 1.807) is 6.92 Å². The summed E-state index contributed by atoms with van der Waals surface area (Å²) in [7, 11) is 0. The maximum atomic E-state index is 12.4. The van der Waals surface area contributed by atoms with Gasteiger partial charge in [0.1, 0.15) is 16.4 Å². The summed E-state index contributed by atoms with van der Waals surface area (Å²) in [5.74, 6) is -0.877. The van der Waals surface area contributed by atoms with Crippen LogP contribution < -0.4 is 5.43 Å². The highest BCUT2D eigenvalue weighted by molar-refractivity contribution is 6.31. The molecule has 1 N–H and O–H groups in total. The van der Waals surface area contributed by atoms with E-state index in [1.807, 2.05) is 0 Å². The molecule has 0 spiro atoms. The van der Waals surface area contributed by atoms with Crippen LogP contribution in [-0.4, -0.2) is 17.6 Å². The number of rotatable bonds is 3. The fourth-order valence-corrected chi connectivity index (χ4v) is 1.22. The van der Waals surface area contributed by atoms with Gasteiger partial charge in [-0.25, -0.2) is 13.6 Å². The highest BCUT2D eigenvalue weighted by Crippen LogP contribution is 2.22. The normalized spacial score (nSPS) is 10.6. The molecule has 0 unspecified atom stereocenters. The van der Waals surface area contributed by atoms with Gasteiger partial charge in [0.15, 0.2) is 0 Å². The Kier molecular flexibility index (Phi) is 4.00. The topological polar surface area (TPSA) is 59.2 Å². The van der Waals surface area contributed by atoms with Gasteiger partial charge in [0.25, 0.3) is 6.43 Å². The molecular weight excluding hydrogens is 244 g/mol. The van der Waals surface area contributed by atoms with Crippen molar-refractivity contribution in [3.05, 3.63) is 32.7 Å². The van der Waals surface area contributed by atoms with E-state index in [0.29, 0.717) is 0 Å². The second-order valence-electron chi connectivity index (χ2n) is 2.80. The number of aromatic nitrogens is 1. The van der Waals surface area contributed by atoms with Crippen LogP contribution >= 0.6 is 11.6 Å². The minimum absolute atomic E-state index is 0.0769. The molecule has 1 aromatic heterocycles. The van der Waals surface area contributed by atoms with Crippen LogP contribution in [0.15, 0.2) is 10.9 Å². The molecule has 0 bridgehead atoms. The monoisotopic (exact) mass is 251 g/mol. The summed E-state index contributed by atoms with van der Waals surface area (Å²) in [5.41, 5.74) is -1.97. The number of pyridine rings is 1. The zero-order chi connectivity index (χ0) is 12.3. The van der Waals surface area contributed by atoms with E-state index in [4.69, 9.17) is 11.6 Å². The van der Waals surface area contributed by atoms with Gasteiger partial charge in [0, 0.05) is 6.07 Å². The van der Waals surface area contributed by atoms with Crippen LogP contribution in [-0.2, 0) is 4.74 Å². The molecule has 7 heteroatoms. The predicted octanol–water partition coefficient (Wildman–Crippen LogP) is 2.14. The Morgan fingerprint density at radius 3 is 2.75 bits per heavy atom. The van der Waals surface area contributed by atoms with Crippen LogP contribution in [0.25, 0.3) is 0 Å². The minimum atomic E-state index is -2.96. The number of carbonyl (C=O) groups excluding carboxylic acids is 1. The van der Waals surface area contributed by atoms with Gasteiger partial charge in [-0.05, 0) is 6.92 Å². The number of halogens is 3. The van der Waals surface area contributed by atoms with Crippen molar-refractivity contribution in [3.63, 3.8) is 0 Å². The van der Waals surface area contributed by atoms with Gasteiger partial charge in [-0.2, -0.15) is 0 Å². The van der Waals surface area contributed by atoms with E-state index in [-0.39, 0.29) is 12.3 Å². The average Bonchev–Trinajstić information content (AvgIpc) is 2.21. The van der Waals surface area contributed by atoms with E-state index in [9.17, 15) is 18.4 Å². The van der Waals surface area contributed by atoms with Crippen LogP contribution in [0.5, 0.6) is 0 Å². The van der Waals surface area contributed by atoms with Crippen LogP contribution in [0.1, 0.15) is 29.5 Å². The lowest BCUT2D eigenvalue weighted by Gasteiger charge is -2.06. The first kappa shape index (κ1) is 12.6. The fraction of sp³-hybridized carbons (Fsp3) is 0.333. The molecule has 1 heterocycles. The summed E-state index contributed by atoms with van der Waals surface area (Å²) in [6.07, 6.45) is -2.96. The van der Waals surface area contributed by atoms with Crippen molar-refractivity contribution in [2.75, 3.05) is 6.61 Å². The van der Waals surface area contributed by atoms with Gasteiger partial charge < -0.3 is 9.72 Å². The lowest BCUT2D eigenvalue weighted by atomic mass is 10.3. The van der Waals surface area contributed by atoms with Crippen LogP contribution in [0, 0.1) is 0 Å². The predicted molar refractivity (Wildman–Crippen MR) is 53.0 cm³/mol. The Hall–Kier alpha value is -1.43. The van der Waals surface area contributed by atoms with Crippen LogP contribution in [0.2, 0.25) is 5.02 Å². The molecule has 0 aliphatic heterocycles. The third kappa shape index (κ3) is 2.57. The average molecular weight is 252 g/mol. The molecule has 0 radical (unpaired) electrons. The number of carbonyl (C=O) groups is 1. The third-order valence-corrected chi connectivity index (χ3v) is 2.10. The number of hydrogen-bond donors (Lipinski definition) is 1. The molecule has 1 aromatic rings. The Morgan fingerprint density at radius 1 is 1.62 bits per heavy atom. The highest BCUT2D eigenvalue weighted by Gasteiger charge is 2.19. The second kappa shape index (κ2) is 5.07. The smallest absolute Gasteiger partial charge is 0.354 e. The summed E-state index contributed by atoms with van der Waals surface area (Å²) >= 11 is 5.37. The first-order valence-corrected chi connectivity index (χ1v) is 4.73. The maximum absolute atomic E-state index is 12.4. The van der Waals surface area contributed by atoms with Crippen molar-refractivity contribution in [2.24, 2.45) is 0 Å². The molecule has 0 aromatic carbocycles. The number of nitrogens with one attached hydrogen (secondary N) is 1. The zero-order valence-electron chi connectivity index (χ0n) is 8.22. The molecule has 16 heavy (non-hydrogen) atoms. The number of hydrogen-bond acceptors (Lipinski definition) is 3. The molecule has 0 saturated heterocycles. The Bertz CT molecular complexity index is 459. The molecule has 1 rings (SSSR count). The summed E-state index contributed by atoms with van der Waals surface area (Å²) in [5, 5.41) is -0.622. The van der Waals surface area contributed by atoms with Crippen LogP contribution in [0.3, 0.4) is 0 Å².